The monoisotopic (exact) mass is 369 g/mol. The molecule has 1 aliphatic heterocycles. The maximum absolute atomic E-state index is 12.8. The third kappa shape index (κ3) is 5.75. The Balaban J connectivity index is 0.00000242. The van der Waals surface area contributed by atoms with Gasteiger partial charge in [0, 0.05) is 37.8 Å². The molecule has 0 bridgehead atoms. The van der Waals surface area contributed by atoms with Crippen LogP contribution in [0.3, 0.4) is 0 Å². The fourth-order valence-electron chi connectivity index (χ4n) is 3.79. The number of aliphatic hydroxyl groups is 1. The Morgan fingerprint density at radius 2 is 2.00 bits per heavy atom. The van der Waals surface area contributed by atoms with E-state index in [2.05, 4.69) is 11.8 Å². The van der Waals surface area contributed by atoms with Crippen molar-refractivity contribution in [1.29, 1.82) is 0 Å². The second kappa shape index (κ2) is 9.42. The molecule has 4 unspecified atom stereocenters. The predicted octanol–water partition coefficient (Wildman–Crippen LogP) is 1.65. The van der Waals surface area contributed by atoms with Gasteiger partial charge in [-0.2, -0.15) is 0 Å². The van der Waals surface area contributed by atoms with Gasteiger partial charge < -0.3 is 15.7 Å². The summed E-state index contributed by atoms with van der Waals surface area (Å²) in [5.74, 6) is 0.213. The third-order valence-electron chi connectivity index (χ3n) is 5.13. The van der Waals surface area contributed by atoms with E-state index in [1.165, 1.54) is 0 Å². The van der Waals surface area contributed by atoms with Gasteiger partial charge in [-0.3, -0.25) is 9.69 Å². The van der Waals surface area contributed by atoms with Crippen LogP contribution in [0.15, 0.2) is 0 Å². The first kappa shape index (κ1) is 22.9. The Kier molecular flexibility index (Phi) is 9.39. The summed E-state index contributed by atoms with van der Waals surface area (Å²) in [6.45, 7) is 8.99. The van der Waals surface area contributed by atoms with E-state index in [9.17, 15) is 9.90 Å². The molecule has 4 atom stereocenters. The van der Waals surface area contributed by atoms with Crippen LogP contribution in [0, 0.1) is 5.92 Å². The van der Waals surface area contributed by atoms with Crippen LogP contribution < -0.4 is 5.73 Å². The van der Waals surface area contributed by atoms with E-state index < -0.39 is 0 Å². The van der Waals surface area contributed by atoms with Gasteiger partial charge in [0.15, 0.2) is 0 Å². The Morgan fingerprint density at radius 1 is 1.35 bits per heavy atom. The average molecular weight is 370 g/mol. The molecular weight excluding hydrogens is 337 g/mol. The SMILES string of the molecule is CC(O)CN1CCN(C(=O)C2CCCCC2(C)N)CC1C.Cl.Cl. The standard InChI is InChI=1S/C16H31N3O2.2ClH/c1-12-10-19(9-8-18(12)11-13(2)20)15(21)14-6-4-5-7-16(14,3)17;;/h12-14,20H,4-11,17H2,1-3H3;2*1H. The second-order valence-electron chi connectivity index (χ2n) is 7.28. The van der Waals surface area contributed by atoms with Crippen LogP contribution in [0.1, 0.15) is 46.5 Å². The van der Waals surface area contributed by atoms with E-state index in [1.807, 2.05) is 18.7 Å². The topological polar surface area (TPSA) is 69.8 Å². The van der Waals surface area contributed by atoms with Gasteiger partial charge in [-0.1, -0.05) is 12.8 Å². The maximum Gasteiger partial charge on any atom is 0.227 e. The highest BCUT2D eigenvalue weighted by atomic mass is 35.5. The van der Waals surface area contributed by atoms with Gasteiger partial charge in [0.05, 0.1) is 12.0 Å². The van der Waals surface area contributed by atoms with Gasteiger partial charge in [-0.15, -0.1) is 24.8 Å². The number of hydrogen-bond donors (Lipinski definition) is 2. The molecule has 2 fully saturated rings. The van der Waals surface area contributed by atoms with E-state index in [0.29, 0.717) is 12.6 Å². The van der Waals surface area contributed by atoms with Crippen molar-refractivity contribution in [3.05, 3.63) is 0 Å². The first-order chi connectivity index (χ1) is 9.81. The van der Waals surface area contributed by atoms with Gasteiger partial charge in [-0.25, -0.2) is 0 Å². The van der Waals surface area contributed by atoms with Crippen molar-refractivity contribution in [1.82, 2.24) is 9.80 Å². The fourth-order valence-corrected chi connectivity index (χ4v) is 3.79. The molecule has 0 aromatic carbocycles. The van der Waals surface area contributed by atoms with Crippen LogP contribution in [0.25, 0.3) is 0 Å². The Bertz CT molecular complexity index is 380. The molecule has 0 radical (unpaired) electrons. The summed E-state index contributed by atoms with van der Waals surface area (Å²) in [6, 6.07) is 0.296. The van der Waals surface area contributed by atoms with Crippen LogP contribution >= 0.6 is 24.8 Å². The number of β-amino-alcohol motifs (C(OH)–C–C–N with tert-alkyl or cyclic N) is 1. The van der Waals surface area contributed by atoms with Crippen LogP contribution in [0.2, 0.25) is 0 Å². The first-order valence-corrected chi connectivity index (χ1v) is 8.31. The highest BCUT2D eigenvalue weighted by Gasteiger charge is 2.41. The van der Waals surface area contributed by atoms with Crippen LogP contribution in [-0.2, 0) is 4.79 Å². The summed E-state index contributed by atoms with van der Waals surface area (Å²) < 4.78 is 0. The van der Waals surface area contributed by atoms with Gasteiger partial charge in [0.25, 0.3) is 0 Å². The summed E-state index contributed by atoms with van der Waals surface area (Å²) in [6.07, 6.45) is 3.80. The van der Waals surface area contributed by atoms with E-state index in [1.54, 1.807) is 0 Å². The molecule has 0 aromatic heterocycles. The van der Waals surface area contributed by atoms with Gasteiger partial charge in [0.2, 0.25) is 5.91 Å². The maximum atomic E-state index is 12.8. The second-order valence-corrected chi connectivity index (χ2v) is 7.28. The lowest BCUT2D eigenvalue weighted by atomic mass is 9.74. The molecule has 1 aliphatic carbocycles. The van der Waals surface area contributed by atoms with Gasteiger partial charge in [-0.05, 0) is 33.6 Å². The van der Waals surface area contributed by atoms with Crippen molar-refractivity contribution in [2.24, 2.45) is 11.7 Å². The zero-order chi connectivity index (χ0) is 15.6. The van der Waals surface area contributed by atoms with Crippen LogP contribution in [0.5, 0.6) is 0 Å². The summed E-state index contributed by atoms with van der Waals surface area (Å²) in [7, 11) is 0. The number of hydrogen-bond acceptors (Lipinski definition) is 4. The Hall–Kier alpha value is -0.0700. The smallest absolute Gasteiger partial charge is 0.227 e. The number of amides is 1. The minimum atomic E-state index is -0.352. The van der Waals surface area contributed by atoms with Crippen molar-refractivity contribution in [3.8, 4) is 0 Å². The average Bonchev–Trinajstić information content (AvgIpc) is 2.39. The fraction of sp³-hybridized carbons (Fsp3) is 0.938. The first-order valence-electron chi connectivity index (χ1n) is 8.31. The molecule has 1 saturated heterocycles. The Labute approximate surface area is 152 Å². The number of rotatable bonds is 3. The minimum absolute atomic E-state index is 0. The van der Waals surface area contributed by atoms with Crippen molar-refractivity contribution >= 4 is 30.7 Å². The minimum Gasteiger partial charge on any atom is -0.392 e. The van der Waals surface area contributed by atoms with Crippen LogP contribution in [0.4, 0.5) is 0 Å². The number of halogens is 2. The van der Waals surface area contributed by atoms with Crippen LogP contribution in [-0.4, -0.2) is 64.7 Å². The third-order valence-corrected chi connectivity index (χ3v) is 5.13. The number of aliphatic hydroxyl groups excluding tert-OH is 1. The van der Waals surface area contributed by atoms with Crippen molar-refractivity contribution in [2.75, 3.05) is 26.2 Å². The zero-order valence-corrected chi connectivity index (χ0v) is 16.2. The molecule has 5 nitrogen and oxygen atoms in total. The molecule has 7 heteroatoms. The molecule has 138 valence electrons. The molecule has 1 heterocycles. The lowest BCUT2D eigenvalue weighted by molar-refractivity contribution is -0.142. The number of nitrogens with zero attached hydrogens (tertiary/aromatic N) is 2. The molecule has 0 aromatic rings. The number of carbonyl (C=O) groups is 1. The van der Waals surface area contributed by atoms with Gasteiger partial charge >= 0.3 is 0 Å². The van der Waals surface area contributed by atoms with Gasteiger partial charge in [0.1, 0.15) is 0 Å². The summed E-state index contributed by atoms with van der Waals surface area (Å²) in [5, 5.41) is 9.53. The van der Waals surface area contributed by atoms with E-state index >= 15 is 0 Å². The molecule has 3 N–H and O–H groups in total. The molecule has 23 heavy (non-hydrogen) atoms. The quantitative estimate of drug-likeness (QED) is 0.793. The molecule has 1 saturated carbocycles. The van der Waals surface area contributed by atoms with Crippen molar-refractivity contribution < 1.29 is 9.90 Å². The van der Waals surface area contributed by atoms with Crippen molar-refractivity contribution in [2.45, 2.75) is 64.1 Å². The Morgan fingerprint density at radius 3 is 2.52 bits per heavy atom. The molecule has 1 amide bonds. The normalized spacial score (nSPS) is 33.3. The summed E-state index contributed by atoms with van der Waals surface area (Å²) in [4.78, 5) is 17.1. The van der Waals surface area contributed by atoms with E-state index in [0.717, 1.165) is 45.3 Å². The highest BCUT2D eigenvalue weighted by molar-refractivity contribution is 5.85. The summed E-state index contributed by atoms with van der Waals surface area (Å²) in [5.41, 5.74) is 6.01. The largest absolute Gasteiger partial charge is 0.392 e. The number of piperazine rings is 1. The predicted molar refractivity (Wildman–Crippen MR) is 98.3 cm³/mol. The number of carbonyl (C=O) groups excluding carboxylic acids is 1. The molecular formula is C16H33Cl2N3O2. The highest BCUT2D eigenvalue weighted by Crippen LogP contribution is 2.33. The van der Waals surface area contributed by atoms with E-state index in [-0.39, 0.29) is 48.3 Å². The molecule has 2 rings (SSSR count). The molecule has 2 aliphatic rings. The van der Waals surface area contributed by atoms with E-state index in [4.69, 9.17) is 5.73 Å². The zero-order valence-electron chi connectivity index (χ0n) is 14.5. The van der Waals surface area contributed by atoms with Crippen molar-refractivity contribution in [3.63, 3.8) is 0 Å². The lowest BCUT2D eigenvalue weighted by Crippen LogP contribution is -2.59. The summed E-state index contributed by atoms with van der Waals surface area (Å²) >= 11 is 0. The number of nitrogens with two attached hydrogens (primary N) is 1. The lowest BCUT2D eigenvalue weighted by Gasteiger charge is -2.44. The molecule has 0 spiro atoms.